The molecule has 0 atom stereocenters. The molecule has 0 aliphatic rings. The predicted molar refractivity (Wildman–Crippen MR) is 96.0 cm³/mol. The number of H-pyrrole nitrogens is 1. The molecule has 7 nitrogen and oxygen atoms in total. The largest absolute Gasteiger partial charge is 0.465 e. The van der Waals surface area contributed by atoms with Crippen molar-refractivity contribution in [1.82, 2.24) is 9.97 Å². The van der Waals surface area contributed by atoms with Crippen LogP contribution in [0.3, 0.4) is 0 Å². The maximum absolute atomic E-state index is 13.1. The number of hydrogen-bond acceptors (Lipinski definition) is 5. The molecular formula is C19H14FN3O4. The van der Waals surface area contributed by atoms with E-state index in [1.165, 1.54) is 43.5 Å². The van der Waals surface area contributed by atoms with Crippen molar-refractivity contribution < 1.29 is 18.7 Å². The van der Waals surface area contributed by atoms with Gasteiger partial charge in [-0.3, -0.25) is 4.79 Å². The molecule has 0 saturated carbocycles. The van der Waals surface area contributed by atoms with Crippen molar-refractivity contribution in [2.75, 3.05) is 12.4 Å². The van der Waals surface area contributed by atoms with Gasteiger partial charge in [0.05, 0.1) is 18.4 Å². The Labute approximate surface area is 152 Å². The first-order chi connectivity index (χ1) is 13.0. The Kier molecular flexibility index (Phi) is 5.07. The van der Waals surface area contributed by atoms with Gasteiger partial charge in [-0.25, -0.2) is 14.0 Å². The second-order valence-electron chi connectivity index (χ2n) is 5.52. The Hall–Kier alpha value is -3.81. The van der Waals surface area contributed by atoms with E-state index in [1.54, 1.807) is 18.2 Å². The number of ether oxygens (including phenoxy) is 1. The number of halogens is 1. The van der Waals surface area contributed by atoms with E-state index in [9.17, 15) is 18.8 Å². The molecule has 1 aromatic heterocycles. The summed E-state index contributed by atoms with van der Waals surface area (Å²) in [4.78, 5) is 42.0. The molecule has 0 bridgehead atoms. The van der Waals surface area contributed by atoms with Crippen molar-refractivity contribution in [1.29, 1.82) is 0 Å². The van der Waals surface area contributed by atoms with E-state index < -0.39 is 23.4 Å². The molecule has 0 unspecified atom stereocenters. The Morgan fingerprint density at radius 3 is 2.56 bits per heavy atom. The van der Waals surface area contributed by atoms with Crippen molar-refractivity contribution in [2.45, 2.75) is 0 Å². The zero-order valence-corrected chi connectivity index (χ0v) is 14.2. The molecule has 0 radical (unpaired) electrons. The summed E-state index contributed by atoms with van der Waals surface area (Å²) < 4.78 is 17.7. The number of rotatable bonds is 4. The monoisotopic (exact) mass is 367 g/mol. The van der Waals surface area contributed by atoms with E-state index in [4.69, 9.17) is 0 Å². The van der Waals surface area contributed by atoms with Crippen LogP contribution in [0.25, 0.3) is 11.3 Å². The molecule has 3 rings (SSSR count). The summed E-state index contributed by atoms with van der Waals surface area (Å²) in [5.74, 6) is -1.56. The molecule has 136 valence electrons. The van der Waals surface area contributed by atoms with Crippen molar-refractivity contribution >= 4 is 17.6 Å². The first kappa shape index (κ1) is 18.0. The maximum atomic E-state index is 13.1. The summed E-state index contributed by atoms with van der Waals surface area (Å²) in [6.07, 6.45) is 0. The molecule has 1 amide bonds. The molecule has 0 aliphatic carbocycles. The highest BCUT2D eigenvalue weighted by Gasteiger charge is 2.13. The minimum Gasteiger partial charge on any atom is -0.465 e. The third kappa shape index (κ3) is 4.24. The lowest BCUT2D eigenvalue weighted by molar-refractivity contribution is 0.0600. The minimum atomic E-state index is -0.717. The van der Waals surface area contributed by atoms with Crippen LogP contribution in [-0.4, -0.2) is 29.0 Å². The van der Waals surface area contributed by atoms with Gasteiger partial charge in [0.25, 0.3) is 5.91 Å². The zero-order valence-electron chi connectivity index (χ0n) is 14.2. The lowest BCUT2D eigenvalue weighted by Gasteiger charge is -2.08. The van der Waals surface area contributed by atoms with Crippen LogP contribution in [0.2, 0.25) is 0 Å². The van der Waals surface area contributed by atoms with Crippen LogP contribution in [0.15, 0.2) is 59.4 Å². The van der Waals surface area contributed by atoms with Gasteiger partial charge in [-0.15, -0.1) is 0 Å². The van der Waals surface area contributed by atoms with Gasteiger partial charge in [-0.1, -0.05) is 6.07 Å². The second-order valence-corrected chi connectivity index (χ2v) is 5.52. The molecule has 2 aromatic carbocycles. The van der Waals surface area contributed by atoms with Gasteiger partial charge < -0.3 is 15.0 Å². The normalized spacial score (nSPS) is 10.3. The number of anilines is 1. The van der Waals surface area contributed by atoms with Crippen LogP contribution < -0.4 is 11.0 Å². The fourth-order valence-corrected chi connectivity index (χ4v) is 2.39. The standard InChI is InChI=1S/C19H14FN3O4/c1-27-18(25)12-3-2-4-14(9-12)21-17(24)16-10-15(22-19(26)23-16)11-5-7-13(20)8-6-11/h2-10H,1H3,(H,21,24)(H,22,23,26). The lowest BCUT2D eigenvalue weighted by atomic mass is 10.1. The van der Waals surface area contributed by atoms with Gasteiger partial charge in [-0.2, -0.15) is 4.98 Å². The van der Waals surface area contributed by atoms with Gasteiger partial charge in [0.2, 0.25) is 0 Å². The van der Waals surface area contributed by atoms with Gasteiger partial charge in [0.15, 0.2) is 0 Å². The van der Waals surface area contributed by atoms with E-state index in [0.29, 0.717) is 11.3 Å². The molecule has 0 aliphatic heterocycles. The third-order valence-corrected chi connectivity index (χ3v) is 3.67. The van der Waals surface area contributed by atoms with Crippen molar-refractivity contribution in [3.8, 4) is 11.3 Å². The highest BCUT2D eigenvalue weighted by Crippen LogP contribution is 2.17. The average Bonchev–Trinajstić information content (AvgIpc) is 2.67. The number of esters is 1. The number of amides is 1. The van der Waals surface area contributed by atoms with Crippen LogP contribution in [-0.2, 0) is 4.74 Å². The molecule has 0 spiro atoms. The minimum absolute atomic E-state index is 0.0298. The number of carbonyl (C=O) groups is 2. The lowest BCUT2D eigenvalue weighted by Crippen LogP contribution is -2.21. The van der Waals surface area contributed by atoms with Gasteiger partial charge in [0, 0.05) is 11.3 Å². The predicted octanol–water partition coefficient (Wildman–Crippen LogP) is 2.61. The fourth-order valence-electron chi connectivity index (χ4n) is 2.39. The van der Waals surface area contributed by atoms with Crippen LogP contribution in [0.1, 0.15) is 20.8 Å². The van der Waals surface area contributed by atoms with Crippen LogP contribution in [0.5, 0.6) is 0 Å². The second kappa shape index (κ2) is 7.61. The Bertz CT molecular complexity index is 1060. The number of methoxy groups -OCH3 is 1. The molecular weight excluding hydrogens is 353 g/mol. The summed E-state index contributed by atoms with van der Waals surface area (Å²) >= 11 is 0. The molecule has 1 heterocycles. The Morgan fingerprint density at radius 2 is 1.85 bits per heavy atom. The summed E-state index contributed by atoms with van der Waals surface area (Å²) in [6, 6.07) is 12.9. The van der Waals surface area contributed by atoms with E-state index in [1.807, 2.05) is 0 Å². The third-order valence-electron chi connectivity index (χ3n) is 3.67. The molecule has 2 N–H and O–H groups in total. The van der Waals surface area contributed by atoms with Crippen molar-refractivity contribution in [3.63, 3.8) is 0 Å². The summed E-state index contributed by atoms with van der Waals surface area (Å²) in [6.45, 7) is 0. The van der Waals surface area contributed by atoms with Gasteiger partial charge in [0.1, 0.15) is 11.5 Å². The number of nitrogens with zero attached hydrogens (tertiary/aromatic N) is 1. The van der Waals surface area contributed by atoms with E-state index in [2.05, 4.69) is 20.0 Å². The van der Waals surface area contributed by atoms with E-state index in [0.717, 1.165) is 0 Å². The van der Waals surface area contributed by atoms with Crippen LogP contribution in [0, 0.1) is 5.82 Å². The smallest absolute Gasteiger partial charge is 0.346 e. The molecule has 8 heteroatoms. The fraction of sp³-hybridized carbons (Fsp3) is 0.0526. The number of hydrogen-bond donors (Lipinski definition) is 2. The van der Waals surface area contributed by atoms with E-state index >= 15 is 0 Å². The number of benzene rings is 2. The molecule has 0 fully saturated rings. The Morgan fingerprint density at radius 1 is 1.11 bits per heavy atom. The molecule has 0 saturated heterocycles. The highest BCUT2D eigenvalue weighted by molar-refractivity contribution is 6.04. The Balaban J connectivity index is 1.88. The quantitative estimate of drug-likeness (QED) is 0.691. The molecule has 27 heavy (non-hydrogen) atoms. The number of nitrogens with one attached hydrogen (secondary N) is 2. The first-order valence-corrected chi connectivity index (χ1v) is 7.83. The van der Waals surface area contributed by atoms with Crippen molar-refractivity contribution in [3.05, 3.63) is 82.2 Å². The van der Waals surface area contributed by atoms with Crippen molar-refractivity contribution in [2.24, 2.45) is 0 Å². The van der Waals surface area contributed by atoms with Gasteiger partial charge >= 0.3 is 11.7 Å². The number of aromatic amines is 1. The zero-order chi connectivity index (χ0) is 19.4. The maximum Gasteiger partial charge on any atom is 0.346 e. The summed E-state index contributed by atoms with van der Waals surface area (Å²) in [7, 11) is 1.26. The first-order valence-electron chi connectivity index (χ1n) is 7.83. The van der Waals surface area contributed by atoms with E-state index in [-0.39, 0.29) is 17.0 Å². The topological polar surface area (TPSA) is 101 Å². The van der Waals surface area contributed by atoms with Crippen LogP contribution in [0.4, 0.5) is 10.1 Å². The average molecular weight is 367 g/mol. The number of carbonyl (C=O) groups excluding carboxylic acids is 2. The summed E-state index contributed by atoms with van der Waals surface area (Å²) in [5.41, 5.74) is 0.592. The van der Waals surface area contributed by atoms with Gasteiger partial charge in [-0.05, 0) is 48.5 Å². The van der Waals surface area contributed by atoms with Crippen LogP contribution >= 0.6 is 0 Å². The SMILES string of the molecule is COC(=O)c1cccc(NC(=O)c2cc(-c3ccc(F)cc3)nc(=O)[nH]2)c1. The number of aromatic nitrogens is 2. The summed E-state index contributed by atoms with van der Waals surface area (Å²) in [5, 5.41) is 2.59. The molecule has 3 aromatic rings. The highest BCUT2D eigenvalue weighted by atomic mass is 19.1.